The van der Waals surface area contributed by atoms with Crippen LogP contribution in [0.3, 0.4) is 0 Å². The lowest BCUT2D eigenvalue weighted by Gasteiger charge is -2.00. The molecule has 0 aliphatic carbocycles. The number of rotatable bonds is 4. The predicted octanol–water partition coefficient (Wildman–Crippen LogP) is 6.04. The van der Waals surface area contributed by atoms with E-state index in [1.54, 1.807) is 18.2 Å². The molecule has 2 aromatic heterocycles. The summed E-state index contributed by atoms with van der Waals surface area (Å²) < 4.78 is 11.8. The Kier molecular flexibility index (Phi) is 4.18. The van der Waals surface area contributed by atoms with Crippen LogP contribution in [0.2, 0.25) is 0 Å². The summed E-state index contributed by atoms with van der Waals surface area (Å²) in [4.78, 5) is 9.09. The SMILES string of the molecule is Oc1cccc(-c2ocnc2-c2nc(-c3ccccc3)c(-c3ccccc3)o2)c1. The zero-order valence-corrected chi connectivity index (χ0v) is 15.3. The smallest absolute Gasteiger partial charge is 0.250 e. The second kappa shape index (κ2) is 7.13. The maximum absolute atomic E-state index is 9.82. The Balaban J connectivity index is 1.69. The third kappa shape index (κ3) is 3.19. The van der Waals surface area contributed by atoms with Gasteiger partial charge in [0.25, 0.3) is 0 Å². The maximum atomic E-state index is 9.82. The van der Waals surface area contributed by atoms with Crippen LogP contribution in [0.1, 0.15) is 0 Å². The molecule has 0 atom stereocenters. The van der Waals surface area contributed by atoms with Crippen molar-refractivity contribution in [1.82, 2.24) is 9.97 Å². The second-order valence-electron chi connectivity index (χ2n) is 6.51. The topological polar surface area (TPSA) is 72.3 Å². The van der Waals surface area contributed by atoms with Crippen molar-refractivity contribution in [3.05, 3.63) is 91.3 Å². The molecule has 2 heterocycles. The Morgan fingerprint density at radius 3 is 2.07 bits per heavy atom. The van der Waals surface area contributed by atoms with Gasteiger partial charge in [0, 0.05) is 16.7 Å². The molecule has 29 heavy (non-hydrogen) atoms. The van der Waals surface area contributed by atoms with E-state index in [9.17, 15) is 5.11 Å². The number of nitrogens with zero attached hydrogens (tertiary/aromatic N) is 2. The quantitative estimate of drug-likeness (QED) is 0.412. The zero-order chi connectivity index (χ0) is 19.6. The van der Waals surface area contributed by atoms with Crippen molar-refractivity contribution in [2.75, 3.05) is 0 Å². The minimum absolute atomic E-state index is 0.146. The van der Waals surface area contributed by atoms with E-state index < -0.39 is 0 Å². The molecular weight excluding hydrogens is 364 g/mol. The van der Waals surface area contributed by atoms with Crippen molar-refractivity contribution in [3.63, 3.8) is 0 Å². The van der Waals surface area contributed by atoms with Gasteiger partial charge in [0.05, 0.1) is 0 Å². The molecule has 5 heteroatoms. The Bertz CT molecular complexity index is 1200. The fourth-order valence-electron chi connectivity index (χ4n) is 3.25. The minimum Gasteiger partial charge on any atom is -0.508 e. The maximum Gasteiger partial charge on any atom is 0.250 e. The Labute approximate surface area is 166 Å². The molecule has 0 saturated heterocycles. The van der Waals surface area contributed by atoms with Gasteiger partial charge in [-0.2, -0.15) is 0 Å². The molecule has 0 saturated carbocycles. The second-order valence-corrected chi connectivity index (χ2v) is 6.51. The lowest BCUT2D eigenvalue weighted by molar-refractivity contribution is 0.475. The number of hydrogen-bond donors (Lipinski definition) is 1. The molecule has 0 aliphatic heterocycles. The van der Waals surface area contributed by atoms with Gasteiger partial charge in [0.1, 0.15) is 11.4 Å². The number of benzene rings is 3. The van der Waals surface area contributed by atoms with E-state index in [1.165, 1.54) is 6.39 Å². The molecule has 1 N–H and O–H groups in total. The summed E-state index contributed by atoms with van der Waals surface area (Å²) >= 11 is 0. The molecule has 0 bridgehead atoms. The first-order valence-corrected chi connectivity index (χ1v) is 9.14. The molecule has 0 unspecified atom stereocenters. The van der Waals surface area contributed by atoms with E-state index in [4.69, 9.17) is 13.8 Å². The van der Waals surface area contributed by atoms with E-state index in [1.807, 2.05) is 66.7 Å². The van der Waals surface area contributed by atoms with Gasteiger partial charge >= 0.3 is 0 Å². The standard InChI is InChI=1S/C24H16N2O3/c27-19-13-7-12-18(14-19)22-21(25-15-28-22)24-26-20(16-8-3-1-4-9-16)23(29-24)17-10-5-2-6-11-17/h1-15,27H. The van der Waals surface area contributed by atoms with Crippen LogP contribution in [0.15, 0.2) is 100 Å². The molecule has 140 valence electrons. The summed E-state index contributed by atoms with van der Waals surface area (Å²) in [7, 11) is 0. The van der Waals surface area contributed by atoms with Gasteiger partial charge in [0.2, 0.25) is 5.89 Å². The Hall–Kier alpha value is -4.12. The van der Waals surface area contributed by atoms with Crippen molar-refractivity contribution in [2.45, 2.75) is 0 Å². The van der Waals surface area contributed by atoms with Crippen LogP contribution in [-0.4, -0.2) is 15.1 Å². The molecule has 0 aliphatic rings. The van der Waals surface area contributed by atoms with Crippen LogP contribution in [0, 0.1) is 0 Å². The molecule has 5 nitrogen and oxygen atoms in total. The van der Waals surface area contributed by atoms with E-state index in [-0.39, 0.29) is 5.75 Å². The molecular formula is C24H16N2O3. The van der Waals surface area contributed by atoms with Gasteiger partial charge in [-0.1, -0.05) is 72.8 Å². The number of aromatic nitrogens is 2. The lowest BCUT2D eigenvalue weighted by Crippen LogP contribution is -1.84. The van der Waals surface area contributed by atoms with Gasteiger partial charge in [-0.25, -0.2) is 9.97 Å². The van der Waals surface area contributed by atoms with E-state index in [2.05, 4.69) is 4.98 Å². The fourth-order valence-corrected chi connectivity index (χ4v) is 3.25. The molecule has 5 rings (SSSR count). The van der Waals surface area contributed by atoms with Crippen LogP contribution in [0.4, 0.5) is 0 Å². The van der Waals surface area contributed by atoms with Crippen molar-refractivity contribution in [3.8, 4) is 51.2 Å². The summed E-state index contributed by atoms with van der Waals surface area (Å²) in [6.45, 7) is 0. The van der Waals surface area contributed by atoms with E-state index in [0.717, 1.165) is 16.8 Å². The van der Waals surface area contributed by atoms with Gasteiger partial charge in [-0.3, -0.25) is 0 Å². The van der Waals surface area contributed by atoms with E-state index >= 15 is 0 Å². The Morgan fingerprint density at radius 2 is 1.34 bits per heavy atom. The summed E-state index contributed by atoms with van der Waals surface area (Å²) in [5, 5.41) is 9.82. The molecule has 5 aromatic rings. The van der Waals surface area contributed by atoms with Gasteiger partial charge in [-0.15, -0.1) is 0 Å². The molecule has 3 aromatic carbocycles. The van der Waals surface area contributed by atoms with Gasteiger partial charge in [0.15, 0.2) is 23.6 Å². The molecule has 0 radical (unpaired) electrons. The highest BCUT2D eigenvalue weighted by Gasteiger charge is 2.23. The number of aromatic hydroxyl groups is 1. The number of oxazole rings is 2. The summed E-state index contributed by atoms with van der Waals surface area (Å²) in [5.41, 5.74) is 3.78. The van der Waals surface area contributed by atoms with Crippen LogP contribution in [0.25, 0.3) is 45.5 Å². The fraction of sp³-hybridized carbons (Fsp3) is 0. The van der Waals surface area contributed by atoms with Crippen molar-refractivity contribution >= 4 is 0 Å². The first-order valence-electron chi connectivity index (χ1n) is 9.14. The van der Waals surface area contributed by atoms with Crippen LogP contribution < -0.4 is 0 Å². The van der Waals surface area contributed by atoms with Crippen molar-refractivity contribution in [1.29, 1.82) is 0 Å². The number of hydrogen-bond acceptors (Lipinski definition) is 5. The van der Waals surface area contributed by atoms with Crippen LogP contribution in [0.5, 0.6) is 5.75 Å². The zero-order valence-electron chi connectivity index (χ0n) is 15.3. The first-order chi connectivity index (χ1) is 14.3. The minimum atomic E-state index is 0.146. The van der Waals surface area contributed by atoms with Crippen molar-refractivity contribution in [2.24, 2.45) is 0 Å². The average molecular weight is 380 g/mol. The van der Waals surface area contributed by atoms with E-state index in [0.29, 0.717) is 28.7 Å². The highest BCUT2D eigenvalue weighted by Crippen LogP contribution is 2.38. The monoisotopic (exact) mass is 380 g/mol. The largest absolute Gasteiger partial charge is 0.508 e. The summed E-state index contributed by atoms with van der Waals surface area (Å²) in [6, 6.07) is 26.5. The van der Waals surface area contributed by atoms with Gasteiger partial charge < -0.3 is 13.9 Å². The number of phenolic OH excluding ortho intramolecular Hbond substituents is 1. The molecule has 0 amide bonds. The van der Waals surface area contributed by atoms with Crippen molar-refractivity contribution < 1.29 is 13.9 Å². The highest BCUT2D eigenvalue weighted by atomic mass is 16.4. The highest BCUT2D eigenvalue weighted by molar-refractivity contribution is 5.81. The summed E-state index contributed by atoms with van der Waals surface area (Å²) in [5.74, 6) is 1.65. The lowest BCUT2D eigenvalue weighted by atomic mass is 10.1. The predicted molar refractivity (Wildman–Crippen MR) is 110 cm³/mol. The average Bonchev–Trinajstić information content (AvgIpc) is 3.42. The van der Waals surface area contributed by atoms with Crippen LogP contribution >= 0.6 is 0 Å². The summed E-state index contributed by atoms with van der Waals surface area (Å²) in [6.07, 6.45) is 1.35. The Morgan fingerprint density at radius 1 is 0.655 bits per heavy atom. The van der Waals surface area contributed by atoms with Gasteiger partial charge in [-0.05, 0) is 12.1 Å². The third-order valence-electron chi connectivity index (χ3n) is 4.59. The molecule has 0 spiro atoms. The molecule has 0 fully saturated rings. The first kappa shape index (κ1) is 17.0. The normalized spacial score (nSPS) is 10.9. The third-order valence-corrected chi connectivity index (χ3v) is 4.59. The van der Waals surface area contributed by atoms with Crippen LogP contribution in [-0.2, 0) is 0 Å². The number of phenols is 1.